The zero-order chi connectivity index (χ0) is 10.1. The lowest BCUT2D eigenvalue weighted by molar-refractivity contribution is 0.163. The van der Waals surface area contributed by atoms with Crippen LogP contribution in [0.3, 0.4) is 0 Å². The molecule has 0 heterocycles. The maximum atomic E-state index is 5.57. The number of nitrogens with two attached hydrogens (primary N) is 1. The van der Waals surface area contributed by atoms with Crippen molar-refractivity contribution >= 4 is 5.84 Å². The second kappa shape index (κ2) is 8.01. The molecule has 0 fully saturated rings. The van der Waals surface area contributed by atoms with E-state index in [0.717, 1.165) is 38.5 Å². The summed E-state index contributed by atoms with van der Waals surface area (Å²) in [5.74, 6) is 0.736. The molecule has 0 aliphatic rings. The molecule has 0 radical (unpaired) electrons. The molecule has 4 heteroatoms. The molecule has 0 unspecified atom stereocenters. The maximum Gasteiger partial charge on any atom is 0.0934 e. The molecule has 0 aromatic heterocycles. The summed E-state index contributed by atoms with van der Waals surface area (Å²) in [6.07, 6.45) is 0.835. The van der Waals surface area contributed by atoms with E-state index in [4.69, 9.17) is 10.5 Å². The van der Waals surface area contributed by atoms with E-state index in [1.807, 2.05) is 6.92 Å². The smallest absolute Gasteiger partial charge is 0.0934 e. The lowest BCUT2D eigenvalue weighted by atomic mass is 10.4. The highest BCUT2D eigenvalue weighted by atomic mass is 16.5. The molecule has 0 aromatic carbocycles. The van der Waals surface area contributed by atoms with Crippen LogP contribution in [0, 0.1) is 0 Å². The molecule has 0 bridgehead atoms. The molecule has 0 aromatic rings. The van der Waals surface area contributed by atoms with Gasteiger partial charge in [-0.3, -0.25) is 4.99 Å². The van der Waals surface area contributed by atoms with Gasteiger partial charge < -0.3 is 15.4 Å². The summed E-state index contributed by atoms with van der Waals surface area (Å²) in [6, 6.07) is 0. The number of nitrogens with zero attached hydrogens (tertiary/aromatic N) is 2. The highest BCUT2D eigenvalue weighted by Gasteiger charge is 1.95. The first-order valence-corrected chi connectivity index (χ1v) is 4.67. The molecule has 4 nitrogen and oxygen atoms in total. The average Bonchev–Trinajstić information content (AvgIpc) is 2.14. The molecule has 0 aliphatic carbocycles. The first-order chi connectivity index (χ1) is 6.20. The zero-order valence-corrected chi connectivity index (χ0v) is 8.92. The van der Waals surface area contributed by atoms with Crippen LogP contribution >= 0.6 is 0 Å². The first-order valence-electron chi connectivity index (χ1n) is 4.67. The topological polar surface area (TPSA) is 50.8 Å². The van der Waals surface area contributed by atoms with Crippen LogP contribution in [0.15, 0.2) is 4.99 Å². The van der Waals surface area contributed by atoms with E-state index in [1.165, 1.54) is 0 Å². The van der Waals surface area contributed by atoms with Gasteiger partial charge in [0.15, 0.2) is 0 Å². The third-order valence-corrected chi connectivity index (χ3v) is 1.84. The van der Waals surface area contributed by atoms with Crippen LogP contribution in [0.4, 0.5) is 0 Å². The first kappa shape index (κ1) is 12.4. The normalized spacial score (nSPS) is 12.5. The van der Waals surface area contributed by atoms with Crippen molar-refractivity contribution in [3.63, 3.8) is 0 Å². The Balaban J connectivity index is 3.41. The molecule has 13 heavy (non-hydrogen) atoms. The van der Waals surface area contributed by atoms with Gasteiger partial charge >= 0.3 is 0 Å². The lowest BCUT2D eigenvalue weighted by Crippen LogP contribution is -2.26. The van der Waals surface area contributed by atoms with Gasteiger partial charge in [-0.1, -0.05) is 6.92 Å². The summed E-state index contributed by atoms with van der Waals surface area (Å²) >= 11 is 0. The predicted octanol–water partition coefficient (Wildman–Crippen LogP) is 0.332. The van der Waals surface area contributed by atoms with Gasteiger partial charge in [0, 0.05) is 26.6 Å². The Morgan fingerprint density at radius 3 is 2.69 bits per heavy atom. The Morgan fingerprint density at radius 1 is 1.46 bits per heavy atom. The molecule has 2 N–H and O–H groups in total. The minimum atomic E-state index is 0.736. The third-order valence-electron chi connectivity index (χ3n) is 1.84. The Labute approximate surface area is 80.8 Å². The minimum Gasteiger partial charge on any atom is -0.387 e. The molecular formula is C9H21N3O. The molecule has 0 saturated heterocycles. The zero-order valence-electron chi connectivity index (χ0n) is 8.92. The Kier molecular flexibility index (Phi) is 7.63. The van der Waals surface area contributed by atoms with Crippen LogP contribution in [0.1, 0.15) is 13.3 Å². The summed E-state index contributed by atoms with van der Waals surface area (Å²) in [6.45, 7) is 5.43. The summed E-state index contributed by atoms with van der Waals surface area (Å²) in [4.78, 5) is 6.38. The number of amidine groups is 1. The Hall–Kier alpha value is -0.610. The summed E-state index contributed by atoms with van der Waals surface area (Å²) in [5.41, 5.74) is 5.57. The molecule has 0 amide bonds. The highest BCUT2D eigenvalue weighted by molar-refractivity contribution is 5.79. The highest BCUT2D eigenvalue weighted by Crippen LogP contribution is 1.84. The minimum absolute atomic E-state index is 0.736. The van der Waals surface area contributed by atoms with Gasteiger partial charge in [0.2, 0.25) is 0 Å². The van der Waals surface area contributed by atoms with E-state index in [2.05, 4.69) is 16.9 Å². The Morgan fingerprint density at radius 2 is 2.15 bits per heavy atom. The average molecular weight is 187 g/mol. The van der Waals surface area contributed by atoms with Crippen molar-refractivity contribution in [3.8, 4) is 0 Å². The molecule has 78 valence electrons. The van der Waals surface area contributed by atoms with Crippen molar-refractivity contribution in [1.29, 1.82) is 0 Å². The van der Waals surface area contributed by atoms with E-state index in [0.29, 0.717) is 0 Å². The van der Waals surface area contributed by atoms with E-state index >= 15 is 0 Å². The van der Waals surface area contributed by atoms with E-state index in [1.54, 1.807) is 7.11 Å². The van der Waals surface area contributed by atoms with E-state index in [9.17, 15) is 0 Å². The number of likely N-dealkylation sites (N-methyl/N-ethyl adjacent to an activating group) is 1. The quantitative estimate of drug-likeness (QED) is 0.461. The second-order valence-corrected chi connectivity index (χ2v) is 3.02. The molecule has 0 saturated carbocycles. The molecule has 0 aliphatic heterocycles. The van der Waals surface area contributed by atoms with Gasteiger partial charge in [-0.05, 0) is 7.05 Å². The number of aliphatic imine (C=N–C) groups is 1. The van der Waals surface area contributed by atoms with Crippen molar-refractivity contribution < 1.29 is 4.74 Å². The molecular weight excluding hydrogens is 166 g/mol. The number of methoxy groups -OCH3 is 1. The lowest BCUT2D eigenvalue weighted by Gasteiger charge is -2.14. The largest absolute Gasteiger partial charge is 0.387 e. The van der Waals surface area contributed by atoms with Gasteiger partial charge in [0.25, 0.3) is 0 Å². The Bertz CT molecular complexity index is 148. The van der Waals surface area contributed by atoms with E-state index in [-0.39, 0.29) is 0 Å². The van der Waals surface area contributed by atoms with Crippen molar-refractivity contribution in [2.75, 3.05) is 40.4 Å². The van der Waals surface area contributed by atoms with Crippen LogP contribution in [0.5, 0.6) is 0 Å². The molecule has 0 atom stereocenters. The molecule has 0 spiro atoms. The third kappa shape index (κ3) is 7.74. The fourth-order valence-corrected chi connectivity index (χ4v) is 0.835. The van der Waals surface area contributed by atoms with Crippen LogP contribution in [0.2, 0.25) is 0 Å². The molecule has 0 rings (SSSR count). The van der Waals surface area contributed by atoms with Crippen LogP contribution in [-0.4, -0.2) is 51.1 Å². The summed E-state index contributed by atoms with van der Waals surface area (Å²) in [5, 5.41) is 0. The fourth-order valence-electron chi connectivity index (χ4n) is 0.835. The number of hydrogen-bond donors (Lipinski definition) is 1. The van der Waals surface area contributed by atoms with Gasteiger partial charge in [-0.25, -0.2) is 0 Å². The SMILES string of the molecule is CCC(N)=NCCN(C)CCOC. The second-order valence-electron chi connectivity index (χ2n) is 3.02. The number of rotatable bonds is 7. The maximum absolute atomic E-state index is 5.57. The van der Waals surface area contributed by atoms with Crippen molar-refractivity contribution in [1.82, 2.24) is 4.90 Å². The van der Waals surface area contributed by atoms with Gasteiger partial charge in [-0.2, -0.15) is 0 Å². The van der Waals surface area contributed by atoms with Crippen molar-refractivity contribution in [2.24, 2.45) is 10.7 Å². The number of hydrogen-bond acceptors (Lipinski definition) is 3. The van der Waals surface area contributed by atoms with Gasteiger partial charge in [0.05, 0.1) is 19.0 Å². The number of ether oxygens (including phenoxy) is 1. The van der Waals surface area contributed by atoms with Crippen LogP contribution in [0.25, 0.3) is 0 Å². The van der Waals surface area contributed by atoms with Crippen molar-refractivity contribution in [2.45, 2.75) is 13.3 Å². The summed E-state index contributed by atoms with van der Waals surface area (Å²) in [7, 11) is 3.76. The van der Waals surface area contributed by atoms with E-state index < -0.39 is 0 Å². The van der Waals surface area contributed by atoms with Gasteiger partial charge in [-0.15, -0.1) is 0 Å². The fraction of sp³-hybridized carbons (Fsp3) is 0.889. The monoisotopic (exact) mass is 187 g/mol. The van der Waals surface area contributed by atoms with Crippen LogP contribution in [-0.2, 0) is 4.74 Å². The predicted molar refractivity (Wildman–Crippen MR) is 56.2 cm³/mol. The standard InChI is InChI=1S/C9H21N3O/c1-4-9(10)11-5-6-12(2)7-8-13-3/h4-8H2,1-3H3,(H2,10,11). The summed E-state index contributed by atoms with van der Waals surface area (Å²) < 4.78 is 4.96. The van der Waals surface area contributed by atoms with Crippen LogP contribution < -0.4 is 5.73 Å². The van der Waals surface area contributed by atoms with Gasteiger partial charge in [0.1, 0.15) is 0 Å². The van der Waals surface area contributed by atoms with Crippen molar-refractivity contribution in [3.05, 3.63) is 0 Å².